The minimum absolute atomic E-state index is 0.110. The molecular weight excluding hydrogens is 293 g/mol. The van der Waals surface area contributed by atoms with Gasteiger partial charge in [0.05, 0.1) is 0 Å². The van der Waals surface area contributed by atoms with E-state index in [4.69, 9.17) is 5.73 Å². The largest absolute Gasteiger partial charge is 0.740 e. The van der Waals surface area contributed by atoms with Crippen molar-refractivity contribution >= 4 is 16.7 Å². The maximum Gasteiger partial charge on any atom is 0.390 e. The molecule has 0 amide bonds. The molecule has 0 aliphatic rings. The summed E-state index contributed by atoms with van der Waals surface area (Å²) < 4.78 is 14.6. The number of hydrogen-bond acceptors (Lipinski definition) is 3. The lowest BCUT2D eigenvalue weighted by atomic mass is 9.90. The molecule has 118 valence electrons. The first-order valence-electron chi connectivity index (χ1n) is 7.37. The van der Waals surface area contributed by atoms with Gasteiger partial charge in [-0.05, 0) is 17.5 Å². The van der Waals surface area contributed by atoms with Gasteiger partial charge in [0.1, 0.15) is 17.2 Å². The fourth-order valence-electron chi connectivity index (χ4n) is 2.57. The lowest BCUT2D eigenvalue weighted by Crippen LogP contribution is -2.36. The lowest BCUT2D eigenvalue weighted by molar-refractivity contribution is -0.581. The van der Waals surface area contributed by atoms with Gasteiger partial charge in [0, 0.05) is 22.4 Å². The van der Waals surface area contributed by atoms with Crippen molar-refractivity contribution in [1.82, 2.24) is 4.98 Å². The molecule has 0 bridgehead atoms. The Bertz CT molecular complexity index is 901. The third kappa shape index (κ3) is 2.59. The summed E-state index contributed by atoms with van der Waals surface area (Å²) in [5, 5.41) is 13.6. The Morgan fingerprint density at radius 3 is 2.39 bits per heavy atom. The summed E-state index contributed by atoms with van der Waals surface area (Å²) in [5.41, 5.74) is 7.26. The zero-order chi connectivity index (χ0) is 16.8. The van der Waals surface area contributed by atoms with Gasteiger partial charge in [-0.15, -0.1) is 0 Å². The number of nitrogens with two attached hydrogens (primary N) is 1. The minimum Gasteiger partial charge on any atom is -0.740 e. The second-order valence-electron chi connectivity index (χ2n) is 6.57. The molecule has 0 aliphatic carbocycles. The first-order valence-corrected chi connectivity index (χ1v) is 7.37. The van der Waals surface area contributed by atoms with Crippen LogP contribution in [0.3, 0.4) is 0 Å². The molecule has 0 spiro atoms. The Kier molecular flexibility index (Phi) is 3.43. The van der Waals surface area contributed by atoms with Gasteiger partial charge < -0.3 is 5.21 Å². The van der Waals surface area contributed by atoms with Crippen LogP contribution in [0.4, 0.5) is 10.3 Å². The molecule has 0 fully saturated rings. The maximum absolute atomic E-state index is 14.0. The summed E-state index contributed by atoms with van der Waals surface area (Å²) in [6, 6.07) is 11.8. The molecule has 1 heterocycles. The zero-order valence-electron chi connectivity index (χ0n) is 13.3. The molecule has 1 aromatic heterocycles. The lowest BCUT2D eigenvalue weighted by Gasteiger charge is -2.20. The van der Waals surface area contributed by atoms with E-state index in [1.54, 1.807) is 30.3 Å². The van der Waals surface area contributed by atoms with E-state index in [1.165, 1.54) is 6.07 Å². The predicted octanol–water partition coefficient (Wildman–Crippen LogP) is 3.55. The van der Waals surface area contributed by atoms with Gasteiger partial charge in [0.25, 0.3) is 0 Å². The van der Waals surface area contributed by atoms with E-state index in [9.17, 15) is 9.60 Å². The van der Waals surface area contributed by atoms with Gasteiger partial charge in [0.2, 0.25) is 0 Å². The molecule has 4 nitrogen and oxygen atoms in total. The van der Waals surface area contributed by atoms with Crippen LogP contribution in [0.1, 0.15) is 26.5 Å². The molecule has 0 atom stereocenters. The first-order chi connectivity index (χ1) is 10.8. The van der Waals surface area contributed by atoms with Crippen LogP contribution in [0.5, 0.6) is 0 Å². The smallest absolute Gasteiger partial charge is 0.390 e. The van der Waals surface area contributed by atoms with E-state index in [-0.39, 0.29) is 17.2 Å². The Balaban J connectivity index is 2.36. The van der Waals surface area contributed by atoms with Gasteiger partial charge in [-0.1, -0.05) is 50.0 Å². The van der Waals surface area contributed by atoms with Crippen LogP contribution < -0.4 is 10.5 Å². The van der Waals surface area contributed by atoms with Gasteiger partial charge in [-0.25, -0.2) is 9.12 Å². The molecule has 23 heavy (non-hydrogen) atoms. The number of halogens is 1. The number of nitrogens with zero attached hydrogens (tertiary/aromatic N) is 2. The summed E-state index contributed by atoms with van der Waals surface area (Å²) >= 11 is 0. The zero-order valence-corrected chi connectivity index (χ0v) is 13.3. The minimum atomic E-state index is -0.320. The Labute approximate surface area is 134 Å². The van der Waals surface area contributed by atoms with Crippen molar-refractivity contribution in [1.29, 1.82) is 0 Å². The highest BCUT2D eigenvalue weighted by atomic mass is 19.1. The molecule has 0 unspecified atom stereocenters. The van der Waals surface area contributed by atoms with Crippen LogP contribution in [0.2, 0.25) is 0 Å². The summed E-state index contributed by atoms with van der Waals surface area (Å²) in [6.07, 6.45) is 0. The average Bonchev–Trinajstić information content (AvgIpc) is 2.50. The van der Waals surface area contributed by atoms with Crippen molar-refractivity contribution < 1.29 is 9.12 Å². The van der Waals surface area contributed by atoms with Crippen LogP contribution in [0.15, 0.2) is 42.5 Å². The molecule has 2 N–H and O–H groups in total. The number of hydrogen-bond donors (Lipinski definition) is 1. The fourth-order valence-corrected chi connectivity index (χ4v) is 2.57. The van der Waals surface area contributed by atoms with E-state index >= 15 is 0 Å². The summed E-state index contributed by atoms with van der Waals surface area (Å²) in [5.74, 6) is -0.430. The van der Waals surface area contributed by atoms with E-state index in [0.717, 1.165) is 0 Å². The summed E-state index contributed by atoms with van der Waals surface area (Å²) in [7, 11) is 0. The highest BCUT2D eigenvalue weighted by molar-refractivity contribution is 5.95. The molecule has 2 aromatic carbocycles. The quantitative estimate of drug-likeness (QED) is 0.552. The molecule has 0 aliphatic heterocycles. The molecule has 3 aromatic rings. The Morgan fingerprint density at radius 1 is 1.09 bits per heavy atom. The standard InChI is InChI=1S/C18H18FN3O/c1-18(2,3)16-10-15(22(23)17(20)21-16)13-8-9-14(19)12-7-5-4-6-11(12)13/h4-10H,1-3H3,(H2,20,21). The Morgan fingerprint density at radius 2 is 1.74 bits per heavy atom. The van der Waals surface area contributed by atoms with Crippen LogP contribution >= 0.6 is 0 Å². The average molecular weight is 311 g/mol. The van der Waals surface area contributed by atoms with Crippen molar-refractivity contribution in [2.75, 3.05) is 5.73 Å². The number of fused-ring (bicyclic) bond motifs is 1. The number of nitrogen functional groups attached to an aromatic ring is 1. The van der Waals surface area contributed by atoms with Gasteiger partial charge in [-0.2, -0.15) is 0 Å². The molecular formula is C18H18FN3O. The van der Waals surface area contributed by atoms with Gasteiger partial charge >= 0.3 is 5.95 Å². The first kappa shape index (κ1) is 15.2. The molecule has 5 heteroatoms. The molecule has 0 radical (unpaired) electrons. The van der Waals surface area contributed by atoms with E-state index in [2.05, 4.69) is 4.98 Å². The Hall–Kier alpha value is -2.69. The van der Waals surface area contributed by atoms with E-state index < -0.39 is 0 Å². The maximum atomic E-state index is 14.0. The summed E-state index contributed by atoms with van der Waals surface area (Å²) in [4.78, 5) is 4.18. The van der Waals surface area contributed by atoms with Crippen molar-refractivity contribution in [3.8, 4) is 11.3 Å². The normalized spacial score (nSPS) is 11.8. The van der Waals surface area contributed by atoms with Crippen molar-refractivity contribution in [3.05, 3.63) is 59.2 Å². The molecule has 3 rings (SSSR count). The predicted molar refractivity (Wildman–Crippen MR) is 89.2 cm³/mol. The monoisotopic (exact) mass is 311 g/mol. The number of benzene rings is 2. The van der Waals surface area contributed by atoms with Crippen LogP contribution in [0.25, 0.3) is 22.0 Å². The van der Waals surface area contributed by atoms with Crippen LogP contribution in [0, 0.1) is 11.0 Å². The molecule has 0 saturated heterocycles. The number of rotatable bonds is 1. The van der Waals surface area contributed by atoms with E-state index in [0.29, 0.717) is 32.5 Å². The number of anilines is 1. The highest BCUT2D eigenvalue weighted by Gasteiger charge is 2.24. The topological polar surface area (TPSA) is 65.8 Å². The highest BCUT2D eigenvalue weighted by Crippen LogP contribution is 2.31. The van der Waals surface area contributed by atoms with Crippen molar-refractivity contribution in [3.63, 3.8) is 0 Å². The van der Waals surface area contributed by atoms with Crippen LogP contribution in [-0.4, -0.2) is 4.98 Å². The summed E-state index contributed by atoms with van der Waals surface area (Å²) in [6.45, 7) is 5.99. The SMILES string of the molecule is CC(C)(C)c1cc(-c2ccc(F)c3ccccc23)[n+]([O-])c(N)n1. The van der Waals surface area contributed by atoms with E-state index in [1.807, 2.05) is 26.8 Å². The third-order valence-electron chi connectivity index (χ3n) is 3.85. The molecule has 0 saturated carbocycles. The van der Waals surface area contributed by atoms with Crippen molar-refractivity contribution in [2.45, 2.75) is 26.2 Å². The third-order valence-corrected chi connectivity index (χ3v) is 3.85. The van der Waals surface area contributed by atoms with Crippen LogP contribution in [-0.2, 0) is 5.41 Å². The second-order valence-corrected chi connectivity index (χ2v) is 6.57. The second kappa shape index (κ2) is 5.19. The van der Waals surface area contributed by atoms with Gasteiger partial charge in [0.15, 0.2) is 0 Å². The van der Waals surface area contributed by atoms with Gasteiger partial charge in [-0.3, -0.25) is 5.73 Å². The fraction of sp³-hybridized carbons (Fsp3) is 0.222. The van der Waals surface area contributed by atoms with Crippen molar-refractivity contribution in [2.24, 2.45) is 0 Å². The number of aromatic nitrogens is 2.